The predicted molar refractivity (Wildman–Crippen MR) is 151 cm³/mol. The van der Waals surface area contributed by atoms with Gasteiger partial charge in [-0.25, -0.2) is 9.59 Å². The van der Waals surface area contributed by atoms with Gasteiger partial charge in [0.25, 0.3) is 5.56 Å². The van der Waals surface area contributed by atoms with Crippen molar-refractivity contribution in [3.63, 3.8) is 0 Å². The number of fused-ring (bicyclic) bond motifs is 3. The van der Waals surface area contributed by atoms with Gasteiger partial charge in [0.15, 0.2) is 0 Å². The number of aromatic nitrogens is 3. The Balaban J connectivity index is 0.000000406. The van der Waals surface area contributed by atoms with Gasteiger partial charge in [0, 0.05) is 79.0 Å². The van der Waals surface area contributed by atoms with Crippen LogP contribution in [-0.4, -0.2) is 60.8 Å². The lowest BCUT2D eigenvalue weighted by atomic mass is 10.2. The van der Waals surface area contributed by atoms with Crippen LogP contribution in [0.25, 0.3) is 16.6 Å². The highest BCUT2D eigenvalue weighted by atomic mass is 35.5. The molecule has 3 aromatic heterocycles. The molecule has 0 radical (unpaired) electrons. The van der Waals surface area contributed by atoms with Gasteiger partial charge >= 0.3 is 11.9 Å². The smallest absolute Gasteiger partial charge is 0.328 e. The molecule has 0 fully saturated rings. The summed E-state index contributed by atoms with van der Waals surface area (Å²) < 4.78 is 9.80. The van der Waals surface area contributed by atoms with Crippen molar-refractivity contribution in [2.75, 3.05) is 19.6 Å². The molecule has 1 aromatic carbocycles. The van der Waals surface area contributed by atoms with E-state index in [1.807, 2.05) is 6.07 Å². The number of ether oxygens (including phenoxy) is 1. The topological polar surface area (TPSA) is 127 Å². The van der Waals surface area contributed by atoms with E-state index in [-0.39, 0.29) is 12.2 Å². The first kappa shape index (κ1) is 28.6. The Labute approximate surface area is 235 Å². The molecular weight excluding hydrogens is 536 g/mol. The Morgan fingerprint density at radius 3 is 2.45 bits per heavy atom. The number of carboxylic acids is 2. The second-order valence-electron chi connectivity index (χ2n) is 9.05. The van der Waals surface area contributed by atoms with Gasteiger partial charge in [-0.1, -0.05) is 18.5 Å². The van der Waals surface area contributed by atoms with Crippen molar-refractivity contribution in [3.05, 3.63) is 99.8 Å². The molecule has 2 N–H and O–H groups in total. The van der Waals surface area contributed by atoms with Gasteiger partial charge in [0.2, 0.25) is 0 Å². The van der Waals surface area contributed by atoms with E-state index in [1.54, 1.807) is 35.2 Å². The van der Waals surface area contributed by atoms with Gasteiger partial charge < -0.3 is 24.4 Å². The monoisotopic (exact) mass is 564 g/mol. The van der Waals surface area contributed by atoms with Crippen molar-refractivity contribution in [1.82, 2.24) is 19.0 Å². The molecule has 1 aliphatic heterocycles. The number of hydrogen-bond acceptors (Lipinski definition) is 6. The second-order valence-corrected chi connectivity index (χ2v) is 9.49. The molecule has 40 heavy (non-hydrogen) atoms. The Kier molecular flexibility index (Phi) is 9.36. The average molecular weight is 565 g/mol. The average Bonchev–Trinajstić information content (AvgIpc) is 3.15. The van der Waals surface area contributed by atoms with Crippen molar-refractivity contribution in [2.45, 2.75) is 26.5 Å². The highest BCUT2D eigenvalue weighted by Gasteiger charge is 2.16. The lowest BCUT2D eigenvalue weighted by molar-refractivity contribution is -0.134. The van der Waals surface area contributed by atoms with Crippen LogP contribution >= 0.6 is 11.6 Å². The number of aliphatic carboxylic acids is 2. The Hall–Kier alpha value is -4.41. The van der Waals surface area contributed by atoms with E-state index < -0.39 is 11.9 Å². The Morgan fingerprint density at radius 2 is 1.80 bits per heavy atom. The van der Waals surface area contributed by atoms with Crippen LogP contribution in [0.1, 0.15) is 18.3 Å². The summed E-state index contributed by atoms with van der Waals surface area (Å²) in [6.07, 6.45) is 5.50. The van der Waals surface area contributed by atoms with Gasteiger partial charge in [-0.2, -0.15) is 0 Å². The fraction of sp³-hybridized carbons (Fsp3) is 0.241. The highest BCUT2D eigenvalue weighted by Crippen LogP contribution is 2.25. The summed E-state index contributed by atoms with van der Waals surface area (Å²) in [5, 5.41) is 17.4. The standard InChI is InChI=1S/C25H25ClN4O2.C4H4O4/c1-2-28-9-7-22-14-18-13-21(5-6-24(18)29(22)12-11-28)30-10-8-23(15-25(30)31)32-17-20-4-3-19(26)16-27-20;5-3(6)1-2-4(7)8/h3-6,8,10,13-16H,2,7,9,11-12,17H2,1H3;1-2H,(H,5,6)(H,7,8). The number of halogens is 1. The molecule has 5 rings (SSSR count). The normalized spacial score (nSPS) is 13.3. The number of hydrogen-bond donors (Lipinski definition) is 2. The summed E-state index contributed by atoms with van der Waals surface area (Å²) in [4.78, 5) is 38.6. The van der Waals surface area contributed by atoms with Crippen LogP contribution in [0.4, 0.5) is 0 Å². The number of carboxylic acid groups (broad SMARTS) is 2. The van der Waals surface area contributed by atoms with Crippen molar-refractivity contribution < 1.29 is 24.5 Å². The van der Waals surface area contributed by atoms with Crippen molar-refractivity contribution in [3.8, 4) is 11.4 Å². The number of nitrogens with zero attached hydrogens (tertiary/aromatic N) is 4. The minimum atomic E-state index is -1.26. The minimum absolute atomic E-state index is 0.134. The van der Waals surface area contributed by atoms with E-state index >= 15 is 0 Å². The van der Waals surface area contributed by atoms with Gasteiger partial charge in [-0.3, -0.25) is 14.3 Å². The van der Waals surface area contributed by atoms with Crippen LogP contribution in [0.15, 0.2) is 77.9 Å². The van der Waals surface area contributed by atoms with E-state index in [4.69, 9.17) is 26.6 Å². The molecule has 0 unspecified atom stereocenters. The lowest BCUT2D eigenvalue weighted by Crippen LogP contribution is -2.26. The number of benzene rings is 1. The molecule has 0 amide bonds. The van der Waals surface area contributed by atoms with Crippen LogP contribution in [0.3, 0.4) is 0 Å². The summed E-state index contributed by atoms with van der Waals surface area (Å²) in [7, 11) is 0. The van der Waals surface area contributed by atoms with Gasteiger partial charge in [-0.05, 0) is 49.0 Å². The maximum absolute atomic E-state index is 12.8. The van der Waals surface area contributed by atoms with Crippen LogP contribution in [0, 0.1) is 0 Å². The SMILES string of the molecule is CCN1CCc2cc3cc(-n4ccc(OCc5ccc(Cl)cn5)cc4=O)ccc3n2CC1.O=C(O)C=CC(=O)O. The lowest BCUT2D eigenvalue weighted by Gasteiger charge is -2.16. The van der Waals surface area contributed by atoms with E-state index in [0.29, 0.717) is 22.9 Å². The fourth-order valence-corrected chi connectivity index (χ4v) is 4.55. The Bertz CT molecular complexity index is 1580. The van der Waals surface area contributed by atoms with Gasteiger partial charge in [0.1, 0.15) is 12.4 Å². The highest BCUT2D eigenvalue weighted by molar-refractivity contribution is 6.30. The van der Waals surface area contributed by atoms with Crippen molar-refractivity contribution >= 4 is 34.4 Å². The molecule has 0 saturated carbocycles. The molecule has 11 heteroatoms. The number of carbonyl (C=O) groups is 2. The molecular formula is C29H29ClN4O6. The quantitative estimate of drug-likeness (QED) is 0.322. The van der Waals surface area contributed by atoms with Gasteiger partial charge in [0.05, 0.1) is 10.7 Å². The molecule has 0 spiro atoms. The minimum Gasteiger partial charge on any atom is -0.487 e. The van der Waals surface area contributed by atoms with Crippen LogP contribution in [0.5, 0.6) is 5.75 Å². The van der Waals surface area contributed by atoms with Crippen LogP contribution < -0.4 is 10.3 Å². The van der Waals surface area contributed by atoms with E-state index in [2.05, 4.69) is 39.6 Å². The maximum Gasteiger partial charge on any atom is 0.328 e. The largest absolute Gasteiger partial charge is 0.487 e. The number of pyridine rings is 2. The number of rotatable bonds is 7. The zero-order valence-corrected chi connectivity index (χ0v) is 22.6. The van der Waals surface area contributed by atoms with Crippen LogP contribution in [-0.2, 0) is 29.2 Å². The third-order valence-electron chi connectivity index (χ3n) is 6.46. The molecule has 1 aliphatic rings. The third-order valence-corrected chi connectivity index (χ3v) is 6.68. The van der Waals surface area contributed by atoms with Crippen molar-refractivity contribution in [2.24, 2.45) is 0 Å². The third kappa shape index (κ3) is 7.37. The van der Waals surface area contributed by atoms with Crippen LogP contribution in [0.2, 0.25) is 5.02 Å². The van der Waals surface area contributed by atoms with Crippen molar-refractivity contribution in [1.29, 1.82) is 0 Å². The zero-order chi connectivity index (χ0) is 28.6. The molecule has 0 bridgehead atoms. The maximum atomic E-state index is 12.8. The van der Waals surface area contributed by atoms with E-state index in [9.17, 15) is 14.4 Å². The van der Waals surface area contributed by atoms with E-state index in [0.717, 1.165) is 44.0 Å². The summed E-state index contributed by atoms with van der Waals surface area (Å²) in [5.41, 5.74) is 4.05. The first-order valence-electron chi connectivity index (χ1n) is 12.7. The molecule has 4 aromatic rings. The van der Waals surface area contributed by atoms with E-state index in [1.165, 1.54) is 22.7 Å². The summed E-state index contributed by atoms with van der Waals surface area (Å²) in [6.45, 7) is 6.74. The molecule has 208 valence electrons. The first-order chi connectivity index (χ1) is 19.2. The first-order valence-corrected chi connectivity index (χ1v) is 13.1. The Morgan fingerprint density at radius 1 is 1.02 bits per heavy atom. The summed E-state index contributed by atoms with van der Waals surface area (Å²) >= 11 is 5.86. The summed E-state index contributed by atoms with van der Waals surface area (Å²) in [6, 6.07) is 15.4. The zero-order valence-electron chi connectivity index (χ0n) is 21.9. The molecule has 0 atom stereocenters. The van der Waals surface area contributed by atoms with Gasteiger partial charge in [-0.15, -0.1) is 0 Å². The second kappa shape index (κ2) is 13.1. The molecule has 0 aliphatic carbocycles. The number of likely N-dealkylation sites (N-methyl/N-ethyl adjacent to an activating group) is 1. The summed E-state index contributed by atoms with van der Waals surface area (Å²) in [5.74, 6) is -2.00. The predicted octanol–water partition coefficient (Wildman–Crippen LogP) is 4.01. The molecule has 4 heterocycles. The fourth-order valence-electron chi connectivity index (χ4n) is 4.43. The molecule has 0 saturated heterocycles. The molecule has 10 nitrogen and oxygen atoms in total.